The molecule has 0 spiro atoms. The molecule has 0 amide bonds. The first-order valence-electron chi connectivity index (χ1n) is 10.6. The number of carbonyl (C=O) groups excluding carboxylic acids is 1. The van der Waals surface area contributed by atoms with E-state index in [1.807, 2.05) is 0 Å². The van der Waals surface area contributed by atoms with Crippen LogP contribution in [0.4, 0.5) is 5.69 Å². The summed E-state index contributed by atoms with van der Waals surface area (Å²) < 4.78 is 6.01. The van der Waals surface area contributed by atoms with Crippen LogP contribution in [0, 0.1) is 11.8 Å². The van der Waals surface area contributed by atoms with E-state index >= 15 is 0 Å². The van der Waals surface area contributed by atoms with E-state index in [-0.39, 0.29) is 18.0 Å². The van der Waals surface area contributed by atoms with Crippen LogP contribution in [-0.2, 0) is 4.74 Å². The van der Waals surface area contributed by atoms with Crippen LogP contribution >= 0.6 is 0 Å². The van der Waals surface area contributed by atoms with E-state index in [0.29, 0.717) is 17.2 Å². The third-order valence-corrected chi connectivity index (χ3v) is 6.45. The molecule has 3 aromatic rings. The molecule has 2 bridgehead atoms. The largest absolute Gasteiger partial charge is 0.458 e. The molecule has 0 aliphatic heterocycles. The minimum absolute atomic E-state index is 0.0637. The summed E-state index contributed by atoms with van der Waals surface area (Å²) in [5.41, 5.74) is 12.2. The quantitative estimate of drug-likeness (QED) is 0.454. The van der Waals surface area contributed by atoms with Crippen LogP contribution in [0.3, 0.4) is 0 Å². The maximum atomic E-state index is 12.7. The summed E-state index contributed by atoms with van der Waals surface area (Å²) in [4.78, 5) is 12.7. The number of benzene rings is 3. The topological polar surface area (TPSA) is 52.3 Å². The number of fused-ring (bicyclic) bond motifs is 2. The van der Waals surface area contributed by atoms with Gasteiger partial charge in [0.15, 0.2) is 0 Å². The third kappa shape index (κ3) is 3.41. The Morgan fingerprint density at radius 3 is 1.97 bits per heavy atom. The first-order valence-corrected chi connectivity index (χ1v) is 10.6. The summed E-state index contributed by atoms with van der Waals surface area (Å²) >= 11 is 0. The van der Waals surface area contributed by atoms with Gasteiger partial charge in [-0.25, -0.2) is 4.79 Å². The normalized spacial score (nSPS) is 22.1. The van der Waals surface area contributed by atoms with Gasteiger partial charge in [-0.2, -0.15) is 0 Å². The van der Waals surface area contributed by atoms with Gasteiger partial charge in [0.2, 0.25) is 0 Å². The van der Waals surface area contributed by atoms with E-state index in [9.17, 15) is 4.79 Å². The maximum Gasteiger partial charge on any atom is 0.338 e. The van der Waals surface area contributed by atoms with Crippen molar-refractivity contribution in [3.8, 4) is 0 Å². The van der Waals surface area contributed by atoms with Crippen molar-refractivity contribution in [3.05, 3.63) is 107 Å². The van der Waals surface area contributed by atoms with E-state index in [2.05, 4.69) is 60.7 Å². The Morgan fingerprint density at radius 1 is 0.767 bits per heavy atom. The van der Waals surface area contributed by atoms with Crippen molar-refractivity contribution in [3.63, 3.8) is 0 Å². The highest BCUT2D eigenvalue weighted by molar-refractivity contribution is 5.90. The third-order valence-electron chi connectivity index (χ3n) is 6.45. The van der Waals surface area contributed by atoms with Crippen molar-refractivity contribution >= 4 is 17.2 Å². The number of hydrogen-bond acceptors (Lipinski definition) is 3. The fourth-order valence-corrected chi connectivity index (χ4v) is 5.12. The zero-order chi connectivity index (χ0) is 20.5. The summed E-state index contributed by atoms with van der Waals surface area (Å²) in [5.74, 6) is 0.491. The lowest BCUT2D eigenvalue weighted by molar-refractivity contribution is 0.0170. The number of rotatable bonds is 4. The molecule has 0 unspecified atom stereocenters. The SMILES string of the molecule is Nc1ccc(C(=O)O[C@@H]2C[C@@H]3CC[C@H]2C3=C(c2ccccc2)c2ccccc2)cc1. The Labute approximate surface area is 177 Å². The smallest absolute Gasteiger partial charge is 0.338 e. The van der Waals surface area contributed by atoms with Crippen molar-refractivity contribution in [1.29, 1.82) is 0 Å². The lowest BCUT2D eigenvalue weighted by Gasteiger charge is -2.22. The Morgan fingerprint density at radius 2 is 1.37 bits per heavy atom. The Bertz CT molecular complexity index is 1030. The Hall–Kier alpha value is -3.33. The maximum absolute atomic E-state index is 12.7. The molecular formula is C27H25NO2. The van der Waals surface area contributed by atoms with Crippen LogP contribution in [0.5, 0.6) is 0 Å². The van der Waals surface area contributed by atoms with Crippen LogP contribution in [0.15, 0.2) is 90.5 Å². The number of ether oxygens (including phenoxy) is 1. The average Bonchev–Trinajstić information content (AvgIpc) is 3.33. The summed E-state index contributed by atoms with van der Waals surface area (Å²) in [6.07, 6.45) is 3.08. The van der Waals surface area contributed by atoms with E-state index in [1.54, 1.807) is 24.3 Å². The monoisotopic (exact) mass is 395 g/mol. The number of anilines is 1. The summed E-state index contributed by atoms with van der Waals surface area (Å²) in [6, 6.07) is 28.2. The highest BCUT2D eigenvalue weighted by atomic mass is 16.5. The molecule has 3 aromatic carbocycles. The molecule has 2 fully saturated rings. The Kier molecular flexibility index (Phi) is 4.88. The van der Waals surface area contributed by atoms with Crippen molar-refractivity contribution in [1.82, 2.24) is 0 Å². The zero-order valence-electron chi connectivity index (χ0n) is 16.8. The summed E-state index contributed by atoms with van der Waals surface area (Å²) in [7, 11) is 0. The van der Waals surface area contributed by atoms with Crippen LogP contribution in [0.1, 0.15) is 40.7 Å². The molecule has 0 aromatic heterocycles. The fourth-order valence-electron chi connectivity index (χ4n) is 5.12. The van der Waals surface area contributed by atoms with Gasteiger partial charge in [0.25, 0.3) is 0 Å². The van der Waals surface area contributed by atoms with Gasteiger partial charge in [0, 0.05) is 11.6 Å². The number of nitrogens with two attached hydrogens (primary N) is 1. The lowest BCUT2D eigenvalue weighted by atomic mass is 9.88. The Balaban J connectivity index is 1.50. The molecule has 30 heavy (non-hydrogen) atoms. The molecule has 3 atom stereocenters. The predicted octanol–water partition coefficient (Wildman–Crippen LogP) is 5.73. The zero-order valence-corrected chi connectivity index (χ0v) is 16.8. The van der Waals surface area contributed by atoms with Gasteiger partial charge in [-0.15, -0.1) is 0 Å². The van der Waals surface area contributed by atoms with Crippen LogP contribution in [0.2, 0.25) is 0 Å². The highest BCUT2D eigenvalue weighted by Crippen LogP contribution is 2.54. The molecular weight excluding hydrogens is 370 g/mol. The molecule has 2 saturated carbocycles. The first-order chi connectivity index (χ1) is 14.7. The van der Waals surface area contributed by atoms with Gasteiger partial charge in [-0.05, 0) is 66.1 Å². The number of nitrogen functional groups attached to an aromatic ring is 1. The van der Waals surface area contributed by atoms with E-state index in [4.69, 9.17) is 10.5 Å². The molecule has 5 rings (SSSR count). The van der Waals surface area contributed by atoms with Gasteiger partial charge in [0.1, 0.15) is 6.10 Å². The highest BCUT2D eigenvalue weighted by Gasteiger charge is 2.47. The number of hydrogen-bond donors (Lipinski definition) is 1. The summed E-state index contributed by atoms with van der Waals surface area (Å²) in [6.45, 7) is 0. The molecule has 3 nitrogen and oxygen atoms in total. The molecule has 3 heteroatoms. The van der Waals surface area contributed by atoms with Gasteiger partial charge in [-0.1, -0.05) is 66.2 Å². The van der Waals surface area contributed by atoms with Crippen molar-refractivity contribution in [2.45, 2.75) is 25.4 Å². The number of esters is 1. The second kappa shape index (κ2) is 7.83. The second-order valence-corrected chi connectivity index (χ2v) is 8.24. The van der Waals surface area contributed by atoms with E-state index < -0.39 is 0 Å². The average molecular weight is 396 g/mol. The molecule has 0 saturated heterocycles. The minimum atomic E-state index is -0.257. The standard InChI is InChI=1S/C27H25NO2/c28-22-14-11-20(12-15-22)27(29)30-24-17-21-13-16-23(24)26(21)25(18-7-3-1-4-8-18)19-9-5-2-6-10-19/h1-12,14-15,21,23-24H,13,16-17,28H2/t21-,23+,24+/m0/s1. The second-order valence-electron chi connectivity index (χ2n) is 8.24. The van der Waals surface area contributed by atoms with Crippen LogP contribution in [0.25, 0.3) is 5.57 Å². The van der Waals surface area contributed by atoms with E-state index in [1.165, 1.54) is 28.7 Å². The fraction of sp³-hybridized carbons (Fsp3) is 0.222. The molecule has 150 valence electrons. The van der Waals surface area contributed by atoms with Crippen LogP contribution in [-0.4, -0.2) is 12.1 Å². The molecule has 0 heterocycles. The molecule has 2 aliphatic rings. The van der Waals surface area contributed by atoms with Crippen molar-refractivity contribution < 1.29 is 9.53 Å². The van der Waals surface area contributed by atoms with Gasteiger partial charge < -0.3 is 10.5 Å². The molecule has 2 aliphatic carbocycles. The van der Waals surface area contributed by atoms with Crippen molar-refractivity contribution in [2.75, 3.05) is 5.73 Å². The minimum Gasteiger partial charge on any atom is -0.458 e. The van der Waals surface area contributed by atoms with Gasteiger partial charge in [-0.3, -0.25) is 0 Å². The van der Waals surface area contributed by atoms with Crippen LogP contribution < -0.4 is 5.73 Å². The molecule has 0 radical (unpaired) electrons. The predicted molar refractivity (Wildman–Crippen MR) is 120 cm³/mol. The van der Waals surface area contributed by atoms with Gasteiger partial charge >= 0.3 is 5.97 Å². The van der Waals surface area contributed by atoms with Crippen molar-refractivity contribution in [2.24, 2.45) is 11.8 Å². The lowest BCUT2D eigenvalue weighted by Crippen LogP contribution is -2.24. The molecule has 2 N–H and O–H groups in total. The first kappa shape index (κ1) is 18.7. The van der Waals surface area contributed by atoms with Gasteiger partial charge in [0.05, 0.1) is 5.56 Å². The van der Waals surface area contributed by atoms with E-state index in [0.717, 1.165) is 12.8 Å². The summed E-state index contributed by atoms with van der Waals surface area (Å²) in [5, 5.41) is 0. The number of carbonyl (C=O) groups is 1.